The van der Waals surface area contributed by atoms with E-state index in [0.29, 0.717) is 6.42 Å². The highest BCUT2D eigenvalue weighted by Gasteiger charge is 2.29. The molecule has 4 heteroatoms. The van der Waals surface area contributed by atoms with Gasteiger partial charge in [-0.2, -0.15) is 0 Å². The van der Waals surface area contributed by atoms with Crippen LogP contribution in [0.4, 0.5) is 0 Å². The summed E-state index contributed by atoms with van der Waals surface area (Å²) in [5.74, 6) is -0.493. The van der Waals surface area contributed by atoms with Crippen molar-refractivity contribution < 1.29 is 14.6 Å². The van der Waals surface area contributed by atoms with E-state index < -0.39 is 11.9 Å². The van der Waals surface area contributed by atoms with Crippen LogP contribution in [-0.2, 0) is 4.79 Å². The molecular formula is C15H23NO3. The summed E-state index contributed by atoms with van der Waals surface area (Å²) >= 11 is 0. The van der Waals surface area contributed by atoms with Crippen LogP contribution in [0.5, 0.6) is 5.75 Å². The Morgan fingerprint density at radius 3 is 2.47 bits per heavy atom. The number of methoxy groups -OCH3 is 1. The molecule has 1 rings (SSSR count). The summed E-state index contributed by atoms with van der Waals surface area (Å²) < 4.78 is 5.46. The maximum absolute atomic E-state index is 11.4. The molecule has 0 spiro atoms. The molecule has 1 aromatic carbocycles. The van der Waals surface area contributed by atoms with Gasteiger partial charge in [0.05, 0.1) is 13.0 Å². The second-order valence-electron chi connectivity index (χ2n) is 4.82. The first-order valence-electron chi connectivity index (χ1n) is 6.51. The zero-order valence-electron chi connectivity index (χ0n) is 12.3. The second kappa shape index (κ2) is 6.57. The van der Waals surface area contributed by atoms with Crippen molar-refractivity contribution in [2.24, 2.45) is 5.92 Å². The molecule has 0 aliphatic rings. The van der Waals surface area contributed by atoms with E-state index in [4.69, 9.17) is 4.74 Å². The predicted molar refractivity (Wildman–Crippen MR) is 75.7 cm³/mol. The largest absolute Gasteiger partial charge is 0.496 e. The Hall–Kier alpha value is -1.55. The van der Waals surface area contributed by atoms with E-state index in [1.54, 1.807) is 14.2 Å². The Morgan fingerprint density at radius 2 is 2.05 bits per heavy atom. The molecule has 106 valence electrons. The Balaban J connectivity index is 3.35. The van der Waals surface area contributed by atoms with E-state index >= 15 is 0 Å². The monoisotopic (exact) mass is 265 g/mol. The molecule has 0 amide bonds. The van der Waals surface area contributed by atoms with Gasteiger partial charge in [-0.1, -0.05) is 24.6 Å². The number of carboxylic acid groups (broad SMARTS) is 1. The summed E-state index contributed by atoms with van der Waals surface area (Å²) in [7, 11) is 3.41. The van der Waals surface area contributed by atoms with Gasteiger partial charge in [0.2, 0.25) is 0 Å². The SMILES string of the molecule is CCC(C(=O)O)C(NC)c1cc(C)cc(C)c1OC. The lowest BCUT2D eigenvalue weighted by molar-refractivity contribution is -0.143. The molecule has 0 bridgehead atoms. The van der Waals surface area contributed by atoms with Crippen LogP contribution in [0.2, 0.25) is 0 Å². The van der Waals surface area contributed by atoms with E-state index in [9.17, 15) is 9.90 Å². The van der Waals surface area contributed by atoms with Crippen LogP contribution in [0, 0.1) is 19.8 Å². The van der Waals surface area contributed by atoms with Gasteiger partial charge in [-0.05, 0) is 32.9 Å². The van der Waals surface area contributed by atoms with Crippen LogP contribution >= 0.6 is 0 Å². The minimum atomic E-state index is -0.789. The Bertz CT molecular complexity index is 457. The van der Waals surface area contributed by atoms with Crippen LogP contribution in [0.1, 0.15) is 36.1 Å². The first-order valence-corrected chi connectivity index (χ1v) is 6.51. The smallest absolute Gasteiger partial charge is 0.308 e. The Labute approximate surface area is 114 Å². The van der Waals surface area contributed by atoms with Crippen molar-refractivity contribution in [2.75, 3.05) is 14.2 Å². The standard InChI is InChI=1S/C15H23NO3/c1-6-11(15(17)18)13(16-4)12-8-9(2)7-10(3)14(12)19-5/h7-8,11,13,16H,6H2,1-5H3,(H,17,18). The molecular weight excluding hydrogens is 242 g/mol. The van der Waals surface area contributed by atoms with Crippen LogP contribution in [0.15, 0.2) is 12.1 Å². The first-order chi connectivity index (χ1) is 8.96. The number of aryl methyl sites for hydroxylation is 2. The van der Waals surface area contributed by atoms with Gasteiger partial charge in [-0.3, -0.25) is 4.79 Å². The lowest BCUT2D eigenvalue weighted by Crippen LogP contribution is -2.31. The van der Waals surface area contributed by atoms with Crippen LogP contribution < -0.4 is 10.1 Å². The molecule has 0 radical (unpaired) electrons. The molecule has 2 unspecified atom stereocenters. The van der Waals surface area contributed by atoms with E-state index in [-0.39, 0.29) is 6.04 Å². The van der Waals surface area contributed by atoms with E-state index in [2.05, 4.69) is 5.32 Å². The third-order valence-electron chi connectivity index (χ3n) is 3.46. The van der Waals surface area contributed by atoms with Crippen molar-refractivity contribution in [3.8, 4) is 5.75 Å². The molecule has 0 saturated heterocycles. The van der Waals surface area contributed by atoms with E-state index in [1.165, 1.54) is 0 Å². The van der Waals surface area contributed by atoms with Crippen molar-refractivity contribution in [3.05, 3.63) is 28.8 Å². The van der Waals surface area contributed by atoms with E-state index in [1.807, 2.05) is 32.9 Å². The normalized spacial score (nSPS) is 13.9. The highest BCUT2D eigenvalue weighted by atomic mass is 16.5. The minimum Gasteiger partial charge on any atom is -0.496 e. The van der Waals surface area contributed by atoms with Gasteiger partial charge in [0.25, 0.3) is 0 Å². The van der Waals surface area contributed by atoms with Crippen molar-refractivity contribution in [3.63, 3.8) is 0 Å². The zero-order valence-corrected chi connectivity index (χ0v) is 12.3. The fraction of sp³-hybridized carbons (Fsp3) is 0.533. The lowest BCUT2D eigenvalue weighted by Gasteiger charge is -2.26. The average molecular weight is 265 g/mol. The van der Waals surface area contributed by atoms with Gasteiger partial charge in [0.15, 0.2) is 0 Å². The number of ether oxygens (including phenoxy) is 1. The number of carbonyl (C=O) groups is 1. The molecule has 0 heterocycles. The third-order valence-corrected chi connectivity index (χ3v) is 3.46. The fourth-order valence-electron chi connectivity index (χ4n) is 2.62. The topological polar surface area (TPSA) is 58.6 Å². The van der Waals surface area contributed by atoms with E-state index in [0.717, 1.165) is 22.4 Å². The molecule has 0 aromatic heterocycles. The molecule has 2 N–H and O–H groups in total. The molecule has 0 saturated carbocycles. The quantitative estimate of drug-likeness (QED) is 0.830. The molecule has 0 aliphatic carbocycles. The summed E-state index contributed by atoms with van der Waals surface area (Å²) in [6.45, 7) is 5.87. The first kappa shape index (κ1) is 15.5. The Kier molecular flexibility index (Phi) is 5.36. The van der Waals surface area contributed by atoms with Crippen molar-refractivity contribution >= 4 is 5.97 Å². The van der Waals surface area contributed by atoms with Gasteiger partial charge in [0, 0.05) is 11.6 Å². The van der Waals surface area contributed by atoms with Gasteiger partial charge in [0.1, 0.15) is 5.75 Å². The molecule has 0 aliphatic heterocycles. The number of nitrogens with one attached hydrogen (secondary N) is 1. The number of rotatable bonds is 6. The maximum Gasteiger partial charge on any atom is 0.308 e. The molecule has 0 fully saturated rings. The van der Waals surface area contributed by atoms with Gasteiger partial charge in [-0.25, -0.2) is 0 Å². The van der Waals surface area contributed by atoms with Crippen LogP contribution in [-0.4, -0.2) is 25.2 Å². The molecule has 4 nitrogen and oxygen atoms in total. The lowest BCUT2D eigenvalue weighted by atomic mass is 9.88. The third kappa shape index (κ3) is 3.26. The summed E-state index contributed by atoms with van der Waals surface area (Å²) in [6, 6.07) is 3.78. The zero-order chi connectivity index (χ0) is 14.6. The van der Waals surface area contributed by atoms with Gasteiger partial charge < -0.3 is 15.2 Å². The number of carboxylic acids is 1. The van der Waals surface area contributed by atoms with Gasteiger partial charge >= 0.3 is 5.97 Å². The molecule has 2 atom stereocenters. The number of benzene rings is 1. The number of aliphatic carboxylic acids is 1. The maximum atomic E-state index is 11.4. The highest BCUT2D eigenvalue weighted by Crippen LogP contribution is 2.35. The minimum absolute atomic E-state index is 0.254. The summed E-state index contributed by atoms with van der Waals surface area (Å²) in [6.07, 6.45) is 0.566. The number of hydrogen-bond acceptors (Lipinski definition) is 3. The van der Waals surface area contributed by atoms with Crippen LogP contribution in [0.3, 0.4) is 0 Å². The van der Waals surface area contributed by atoms with Crippen molar-refractivity contribution in [2.45, 2.75) is 33.2 Å². The summed E-state index contributed by atoms with van der Waals surface area (Å²) in [5.41, 5.74) is 3.04. The summed E-state index contributed by atoms with van der Waals surface area (Å²) in [5, 5.41) is 12.5. The number of hydrogen-bond donors (Lipinski definition) is 2. The Morgan fingerprint density at radius 1 is 1.42 bits per heavy atom. The van der Waals surface area contributed by atoms with Crippen molar-refractivity contribution in [1.29, 1.82) is 0 Å². The van der Waals surface area contributed by atoms with Crippen molar-refractivity contribution in [1.82, 2.24) is 5.32 Å². The summed E-state index contributed by atoms with van der Waals surface area (Å²) in [4.78, 5) is 11.4. The predicted octanol–water partition coefficient (Wildman–Crippen LogP) is 2.68. The average Bonchev–Trinajstić information content (AvgIpc) is 2.34. The van der Waals surface area contributed by atoms with Crippen LogP contribution in [0.25, 0.3) is 0 Å². The molecule has 19 heavy (non-hydrogen) atoms. The highest BCUT2D eigenvalue weighted by molar-refractivity contribution is 5.71. The van der Waals surface area contributed by atoms with Gasteiger partial charge in [-0.15, -0.1) is 0 Å². The fourth-order valence-corrected chi connectivity index (χ4v) is 2.62. The second-order valence-corrected chi connectivity index (χ2v) is 4.82. The molecule has 1 aromatic rings.